The molecular weight excluding hydrogens is 437 g/mol. The summed E-state index contributed by atoms with van der Waals surface area (Å²) in [5.74, 6) is -0.461. The number of hydrogen-bond acceptors (Lipinski definition) is 4. The Morgan fingerprint density at radius 1 is 1.13 bits per heavy atom. The Morgan fingerprint density at radius 3 is 2.48 bits per heavy atom. The highest BCUT2D eigenvalue weighted by atomic mass is 32.2. The van der Waals surface area contributed by atoms with E-state index in [1.54, 1.807) is 51.2 Å². The molecule has 31 heavy (non-hydrogen) atoms. The second-order valence-electron chi connectivity index (χ2n) is 7.69. The van der Waals surface area contributed by atoms with E-state index in [1.165, 1.54) is 17.4 Å². The van der Waals surface area contributed by atoms with Crippen LogP contribution in [0.25, 0.3) is 5.69 Å². The smallest absolute Gasteiger partial charge is 0.255 e. The molecule has 0 aliphatic carbocycles. The van der Waals surface area contributed by atoms with Crippen molar-refractivity contribution in [3.63, 3.8) is 0 Å². The molecule has 0 spiro atoms. The van der Waals surface area contributed by atoms with Gasteiger partial charge in [0.2, 0.25) is 10.0 Å². The summed E-state index contributed by atoms with van der Waals surface area (Å²) < 4.78 is 44.0. The zero-order valence-electron chi connectivity index (χ0n) is 17.3. The van der Waals surface area contributed by atoms with Crippen molar-refractivity contribution in [1.82, 2.24) is 14.2 Å². The number of likely N-dealkylation sites (tertiary alicyclic amines) is 1. The largest absolute Gasteiger partial charge is 0.338 e. The van der Waals surface area contributed by atoms with Crippen molar-refractivity contribution in [2.75, 3.05) is 13.1 Å². The van der Waals surface area contributed by atoms with Crippen LogP contribution in [0.3, 0.4) is 0 Å². The van der Waals surface area contributed by atoms with Crippen LogP contribution in [0.15, 0.2) is 52.1 Å². The number of halogens is 1. The Labute approximate surface area is 185 Å². The molecule has 0 bridgehead atoms. The highest BCUT2D eigenvalue weighted by Gasteiger charge is 2.29. The summed E-state index contributed by atoms with van der Waals surface area (Å²) in [6.45, 7) is 4.58. The maximum absolute atomic E-state index is 14.3. The number of thiophene rings is 1. The summed E-state index contributed by atoms with van der Waals surface area (Å²) in [5, 5.41) is 1.73. The Balaban J connectivity index is 1.46. The Kier molecular flexibility index (Phi) is 6.00. The second-order valence-corrected chi connectivity index (χ2v) is 10.6. The van der Waals surface area contributed by atoms with Gasteiger partial charge in [-0.3, -0.25) is 4.79 Å². The van der Waals surface area contributed by atoms with Crippen molar-refractivity contribution in [3.8, 4) is 5.69 Å². The van der Waals surface area contributed by atoms with Gasteiger partial charge in [0, 0.05) is 30.5 Å². The van der Waals surface area contributed by atoms with Crippen LogP contribution in [-0.4, -0.2) is 42.9 Å². The van der Waals surface area contributed by atoms with Gasteiger partial charge in [-0.25, -0.2) is 17.5 Å². The molecule has 4 rings (SSSR count). The first-order valence-electron chi connectivity index (χ1n) is 10.1. The molecule has 1 amide bonds. The number of sulfonamides is 1. The minimum Gasteiger partial charge on any atom is -0.338 e. The van der Waals surface area contributed by atoms with Crippen molar-refractivity contribution in [1.29, 1.82) is 0 Å². The van der Waals surface area contributed by atoms with Gasteiger partial charge < -0.3 is 9.47 Å². The quantitative estimate of drug-likeness (QED) is 0.627. The summed E-state index contributed by atoms with van der Waals surface area (Å²) in [5.41, 5.74) is 2.43. The van der Waals surface area contributed by atoms with Crippen LogP contribution in [-0.2, 0) is 10.0 Å². The standard InChI is InChI=1S/C22H24FN3O3S2/c1-15-14-18(16(2)26(15)20-7-4-3-6-19(20)23)22(27)25-11-9-17(10-12-25)24-31(28,29)21-8-5-13-30-21/h3-8,13-14,17,24H,9-12H2,1-2H3. The van der Waals surface area contributed by atoms with E-state index in [0.717, 1.165) is 5.69 Å². The lowest BCUT2D eigenvalue weighted by Gasteiger charge is -2.32. The molecule has 3 heterocycles. The number of para-hydroxylation sites is 1. The van der Waals surface area contributed by atoms with Gasteiger partial charge in [-0.2, -0.15) is 0 Å². The molecule has 1 aliphatic heterocycles. The van der Waals surface area contributed by atoms with Crippen LogP contribution in [0.1, 0.15) is 34.6 Å². The minimum atomic E-state index is -3.52. The number of benzene rings is 1. The van der Waals surface area contributed by atoms with Gasteiger partial charge in [-0.05, 0) is 56.3 Å². The predicted molar refractivity (Wildman–Crippen MR) is 119 cm³/mol. The Bertz CT molecular complexity index is 1190. The summed E-state index contributed by atoms with van der Waals surface area (Å²) in [4.78, 5) is 14.9. The number of rotatable bonds is 5. The topological polar surface area (TPSA) is 71.4 Å². The van der Waals surface area contributed by atoms with Crippen LogP contribution >= 0.6 is 11.3 Å². The summed E-state index contributed by atoms with van der Waals surface area (Å²) in [6.07, 6.45) is 1.09. The lowest BCUT2D eigenvalue weighted by Crippen LogP contribution is -2.46. The maximum Gasteiger partial charge on any atom is 0.255 e. The van der Waals surface area contributed by atoms with Crippen molar-refractivity contribution in [2.24, 2.45) is 0 Å². The van der Waals surface area contributed by atoms with Crippen LogP contribution < -0.4 is 4.72 Å². The van der Waals surface area contributed by atoms with Crippen LogP contribution in [0.4, 0.5) is 4.39 Å². The van der Waals surface area contributed by atoms with Gasteiger partial charge in [-0.1, -0.05) is 18.2 Å². The highest BCUT2D eigenvalue weighted by Crippen LogP contribution is 2.25. The lowest BCUT2D eigenvalue weighted by molar-refractivity contribution is 0.0710. The van der Waals surface area contributed by atoms with Gasteiger partial charge in [0.15, 0.2) is 0 Å². The molecule has 0 unspecified atom stereocenters. The minimum absolute atomic E-state index is 0.116. The molecule has 9 heteroatoms. The number of carbonyl (C=O) groups excluding carboxylic acids is 1. The normalized spacial score (nSPS) is 15.4. The molecule has 1 aliphatic rings. The van der Waals surface area contributed by atoms with Crippen molar-refractivity contribution in [2.45, 2.75) is 36.9 Å². The number of hydrogen-bond donors (Lipinski definition) is 1. The number of carbonyl (C=O) groups is 1. The van der Waals surface area contributed by atoms with E-state index >= 15 is 0 Å². The van der Waals surface area contributed by atoms with Crippen LogP contribution in [0.5, 0.6) is 0 Å². The van der Waals surface area contributed by atoms with Crippen LogP contribution in [0, 0.1) is 19.7 Å². The zero-order valence-corrected chi connectivity index (χ0v) is 19.0. The number of aromatic nitrogens is 1. The molecule has 1 fully saturated rings. The van der Waals surface area contributed by atoms with Crippen molar-refractivity contribution in [3.05, 3.63) is 70.6 Å². The molecule has 1 aromatic carbocycles. The van der Waals surface area contributed by atoms with E-state index in [4.69, 9.17) is 0 Å². The molecule has 3 aromatic rings. The third-order valence-corrected chi connectivity index (χ3v) is 8.54. The van der Waals surface area contributed by atoms with E-state index in [-0.39, 0.29) is 17.8 Å². The number of amides is 1. The molecule has 6 nitrogen and oxygen atoms in total. The first-order chi connectivity index (χ1) is 14.8. The number of piperidine rings is 1. The highest BCUT2D eigenvalue weighted by molar-refractivity contribution is 7.91. The molecular formula is C22H24FN3O3S2. The predicted octanol–water partition coefficient (Wildman–Crippen LogP) is 3.88. The van der Waals surface area contributed by atoms with Crippen molar-refractivity contribution >= 4 is 27.3 Å². The Morgan fingerprint density at radius 2 is 1.84 bits per heavy atom. The van der Waals surface area contributed by atoms with Crippen LogP contribution in [0.2, 0.25) is 0 Å². The first-order valence-corrected chi connectivity index (χ1v) is 12.4. The zero-order chi connectivity index (χ0) is 22.2. The maximum atomic E-state index is 14.3. The first kappa shape index (κ1) is 21.7. The third kappa shape index (κ3) is 4.30. The Hall–Kier alpha value is -2.49. The monoisotopic (exact) mass is 461 g/mol. The number of aryl methyl sites for hydroxylation is 1. The SMILES string of the molecule is Cc1cc(C(=O)N2CCC(NS(=O)(=O)c3cccs3)CC2)c(C)n1-c1ccccc1F. The fraction of sp³-hybridized carbons (Fsp3) is 0.318. The summed E-state index contributed by atoms with van der Waals surface area (Å²) in [7, 11) is -3.52. The molecule has 0 saturated carbocycles. The molecule has 164 valence electrons. The average molecular weight is 462 g/mol. The average Bonchev–Trinajstić information content (AvgIpc) is 3.38. The van der Waals surface area contributed by atoms with E-state index < -0.39 is 10.0 Å². The summed E-state index contributed by atoms with van der Waals surface area (Å²) >= 11 is 1.18. The fourth-order valence-electron chi connectivity index (χ4n) is 4.05. The second kappa shape index (κ2) is 8.57. The van der Waals surface area contributed by atoms with Gasteiger partial charge in [0.25, 0.3) is 5.91 Å². The number of nitrogens with one attached hydrogen (secondary N) is 1. The third-order valence-electron chi connectivity index (χ3n) is 5.62. The molecule has 1 saturated heterocycles. The van der Waals surface area contributed by atoms with Gasteiger partial charge in [0.1, 0.15) is 10.0 Å². The van der Waals surface area contributed by atoms with Gasteiger partial charge >= 0.3 is 0 Å². The van der Waals surface area contributed by atoms with E-state index in [1.807, 2.05) is 13.8 Å². The van der Waals surface area contributed by atoms with E-state index in [0.29, 0.717) is 47.1 Å². The van der Waals surface area contributed by atoms with Crippen molar-refractivity contribution < 1.29 is 17.6 Å². The lowest BCUT2D eigenvalue weighted by atomic mass is 10.0. The van der Waals surface area contributed by atoms with Gasteiger partial charge in [-0.15, -0.1) is 11.3 Å². The summed E-state index contributed by atoms with van der Waals surface area (Å²) in [6, 6.07) is 11.4. The fourth-order valence-corrected chi connectivity index (χ4v) is 6.36. The molecule has 0 radical (unpaired) electrons. The molecule has 2 aromatic heterocycles. The molecule has 1 N–H and O–H groups in total. The number of nitrogens with zero attached hydrogens (tertiary/aromatic N) is 2. The molecule has 0 atom stereocenters. The van der Waals surface area contributed by atoms with E-state index in [9.17, 15) is 17.6 Å². The van der Waals surface area contributed by atoms with Gasteiger partial charge in [0.05, 0.1) is 11.3 Å². The van der Waals surface area contributed by atoms with E-state index in [2.05, 4.69) is 4.72 Å².